The molecule has 2 nitrogen and oxygen atoms in total. The Morgan fingerprint density at radius 2 is 0.661 bits per heavy atom. The molecule has 0 fully saturated rings. The average molecular weight is 717 g/mol. The maximum Gasteiger partial charge on any atom is 0.0569 e. The summed E-state index contributed by atoms with van der Waals surface area (Å²) in [5, 5.41) is 7.44. The molecule has 0 radical (unpaired) electrons. The fourth-order valence-corrected chi connectivity index (χ4v) is 8.70. The fraction of sp³-hybridized carbons (Fsp3) is 0.0370. The Morgan fingerprint density at radius 3 is 1.05 bits per heavy atom. The summed E-state index contributed by atoms with van der Waals surface area (Å²) in [6.07, 6.45) is 0. The minimum atomic E-state index is 1.12. The summed E-state index contributed by atoms with van der Waals surface area (Å²) in [5.74, 6) is 0. The molecule has 266 valence electrons. The van der Waals surface area contributed by atoms with Gasteiger partial charge in [-0.1, -0.05) is 170 Å². The molecule has 0 saturated carbocycles. The summed E-state index contributed by atoms with van der Waals surface area (Å²) in [6, 6.07) is 75.0. The van der Waals surface area contributed by atoms with Crippen LogP contribution < -0.4 is 9.80 Å². The van der Waals surface area contributed by atoms with Crippen molar-refractivity contribution in [3.8, 4) is 22.3 Å². The molecule has 0 spiro atoms. The smallest absolute Gasteiger partial charge is 0.0569 e. The highest BCUT2D eigenvalue weighted by Crippen LogP contribution is 2.50. The van der Waals surface area contributed by atoms with E-state index in [9.17, 15) is 0 Å². The SMILES string of the molecule is Cc1cccc(-c2ccccc2)c1N(c1ccccc1)c1ccc2ccc3ccc(N(c4ccccc4)c4c(C)cccc4-c4ccccc4)c4ccc1c2c34. The van der Waals surface area contributed by atoms with Crippen molar-refractivity contribution in [3.05, 3.63) is 217 Å². The first-order valence-corrected chi connectivity index (χ1v) is 19.4. The average Bonchev–Trinajstić information content (AvgIpc) is 3.26. The molecular weight excluding hydrogens is 677 g/mol. The van der Waals surface area contributed by atoms with E-state index in [4.69, 9.17) is 0 Å². The molecule has 56 heavy (non-hydrogen) atoms. The van der Waals surface area contributed by atoms with Gasteiger partial charge in [-0.05, 0) is 94.0 Å². The van der Waals surface area contributed by atoms with Crippen molar-refractivity contribution in [2.24, 2.45) is 0 Å². The molecule has 10 aromatic rings. The van der Waals surface area contributed by atoms with Crippen LogP contribution in [0.4, 0.5) is 34.1 Å². The van der Waals surface area contributed by atoms with Crippen LogP contribution in [0.25, 0.3) is 54.6 Å². The van der Waals surface area contributed by atoms with Crippen molar-refractivity contribution in [2.45, 2.75) is 13.8 Å². The quantitative estimate of drug-likeness (QED) is 0.144. The topological polar surface area (TPSA) is 6.48 Å². The summed E-state index contributed by atoms with van der Waals surface area (Å²) in [5.41, 5.74) is 14.2. The highest BCUT2D eigenvalue weighted by molar-refractivity contribution is 6.28. The maximum absolute atomic E-state index is 2.47. The van der Waals surface area contributed by atoms with E-state index in [0.29, 0.717) is 0 Å². The molecular formula is C54H40N2. The van der Waals surface area contributed by atoms with Crippen molar-refractivity contribution in [1.82, 2.24) is 0 Å². The number of anilines is 6. The molecule has 0 amide bonds. The molecule has 0 bridgehead atoms. The first kappa shape index (κ1) is 33.4. The molecule has 0 aliphatic heterocycles. The summed E-state index contributed by atoms with van der Waals surface area (Å²) in [6.45, 7) is 4.46. The third-order valence-electron chi connectivity index (χ3n) is 11.2. The van der Waals surface area contributed by atoms with Gasteiger partial charge in [-0.15, -0.1) is 0 Å². The van der Waals surface area contributed by atoms with Crippen LogP contribution in [0.2, 0.25) is 0 Å². The minimum Gasteiger partial charge on any atom is -0.309 e. The van der Waals surface area contributed by atoms with Crippen LogP contribution in [0.15, 0.2) is 206 Å². The van der Waals surface area contributed by atoms with Gasteiger partial charge in [0.2, 0.25) is 0 Å². The number of benzene rings is 10. The zero-order valence-corrected chi connectivity index (χ0v) is 31.5. The lowest BCUT2D eigenvalue weighted by Crippen LogP contribution is -2.14. The lowest BCUT2D eigenvalue weighted by atomic mass is 9.91. The largest absolute Gasteiger partial charge is 0.309 e. The Balaban J connectivity index is 1.26. The maximum atomic E-state index is 2.47. The van der Waals surface area contributed by atoms with Gasteiger partial charge < -0.3 is 9.80 Å². The van der Waals surface area contributed by atoms with E-state index in [2.05, 4.69) is 230 Å². The van der Waals surface area contributed by atoms with E-state index in [1.165, 1.54) is 77.1 Å². The lowest BCUT2D eigenvalue weighted by Gasteiger charge is -2.32. The van der Waals surface area contributed by atoms with E-state index in [1.54, 1.807) is 0 Å². The lowest BCUT2D eigenvalue weighted by molar-refractivity contribution is 1.26. The van der Waals surface area contributed by atoms with Gasteiger partial charge in [-0.2, -0.15) is 0 Å². The van der Waals surface area contributed by atoms with E-state index < -0.39 is 0 Å². The molecule has 0 saturated heterocycles. The second-order valence-electron chi connectivity index (χ2n) is 14.6. The predicted molar refractivity (Wildman–Crippen MR) is 240 cm³/mol. The van der Waals surface area contributed by atoms with Crippen LogP contribution >= 0.6 is 0 Å². The first-order valence-electron chi connectivity index (χ1n) is 19.4. The van der Waals surface area contributed by atoms with Gasteiger partial charge in [0.25, 0.3) is 0 Å². The Morgan fingerprint density at radius 1 is 0.304 bits per heavy atom. The molecule has 10 aromatic carbocycles. The summed E-state index contributed by atoms with van der Waals surface area (Å²) in [4.78, 5) is 4.94. The summed E-state index contributed by atoms with van der Waals surface area (Å²) in [7, 11) is 0. The summed E-state index contributed by atoms with van der Waals surface area (Å²) >= 11 is 0. The molecule has 0 aliphatic carbocycles. The van der Waals surface area contributed by atoms with Gasteiger partial charge in [0.1, 0.15) is 0 Å². The Hall–Kier alpha value is -7.16. The van der Waals surface area contributed by atoms with Gasteiger partial charge >= 0.3 is 0 Å². The number of rotatable bonds is 8. The van der Waals surface area contributed by atoms with Gasteiger partial charge in [0.15, 0.2) is 0 Å². The van der Waals surface area contributed by atoms with E-state index in [-0.39, 0.29) is 0 Å². The van der Waals surface area contributed by atoms with Crippen LogP contribution in [0.1, 0.15) is 11.1 Å². The summed E-state index contributed by atoms with van der Waals surface area (Å²) < 4.78 is 0. The highest BCUT2D eigenvalue weighted by atomic mass is 15.2. The van der Waals surface area contributed by atoms with E-state index >= 15 is 0 Å². The van der Waals surface area contributed by atoms with Crippen LogP contribution in [0, 0.1) is 13.8 Å². The van der Waals surface area contributed by atoms with Crippen molar-refractivity contribution < 1.29 is 0 Å². The molecule has 0 heterocycles. The molecule has 10 rings (SSSR count). The predicted octanol–water partition coefficient (Wildman–Crippen LogP) is 15.5. The Labute approximate surface area is 328 Å². The number of hydrogen-bond donors (Lipinski definition) is 0. The first-order chi connectivity index (χ1) is 27.7. The van der Waals surface area contributed by atoms with Crippen molar-refractivity contribution in [1.29, 1.82) is 0 Å². The van der Waals surface area contributed by atoms with Crippen LogP contribution in [0.3, 0.4) is 0 Å². The van der Waals surface area contributed by atoms with Gasteiger partial charge in [0.05, 0.1) is 22.7 Å². The second-order valence-corrected chi connectivity index (χ2v) is 14.6. The number of hydrogen-bond acceptors (Lipinski definition) is 2. The normalized spacial score (nSPS) is 11.4. The van der Waals surface area contributed by atoms with E-state index in [1.807, 2.05) is 0 Å². The highest BCUT2D eigenvalue weighted by Gasteiger charge is 2.25. The van der Waals surface area contributed by atoms with E-state index in [0.717, 1.165) is 22.7 Å². The zero-order valence-electron chi connectivity index (χ0n) is 31.5. The zero-order chi connectivity index (χ0) is 37.6. The molecule has 0 atom stereocenters. The number of aryl methyl sites for hydroxylation is 2. The monoisotopic (exact) mass is 716 g/mol. The van der Waals surface area contributed by atoms with Gasteiger partial charge in [-0.25, -0.2) is 0 Å². The third-order valence-corrected chi connectivity index (χ3v) is 11.2. The Bertz CT molecular complexity index is 2770. The molecule has 0 aliphatic rings. The molecule has 0 aromatic heterocycles. The Kier molecular flexibility index (Phi) is 8.30. The minimum absolute atomic E-state index is 1.12. The molecule has 0 unspecified atom stereocenters. The standard InChI is InChI=1S/C54H40N2/c1-37-17-15-27-45(39-19-7-3-8-20-39)53(37)55(43-23-11-5-12-24-43)49-35-31-41-29-30-42-32-36-50(48-34-33-47(49)51(41)52(42)48)56(44-25-13-6-14-26-44)54-38(2)18-16-28-46(54)40-21-9-4-10-22-40/h3-36H,1-2H3. The van der Waals surface area contributed by atoms with Gasteiger partial charge in [-0.3, -0.25) is 0 Å². The molecule has 2 heteroatoms. The van der Waals surface area contributed by atoms with Crippen LogP contribution in [0.5, 0.6) is 0 Å². The van der Waals surface area contributed by atoms with Crippen LogP contribution in [-0.2, 0) is 0 Å². The molecule has 0 N–H and O–H groups in total. The van der Waals surface area contributed by atoms with Gasteiger partial charge in [0, 0.05) is 33.3 Å². The van der Waals surface area contributed by atoms with Crippen molar-refractivity contribution in [3.63, 3.8) is 0 Å². The van der Waals surface area contributed by atoms with Crippen molar-refractivity contribution in [2.75, 3.05) is 9.80 Å². The number of para-hydroxylation sites is 4. The fourth-order valence-electron chi connectivity index (χ4n) is 8.70. The van der Waals surface area contributed by atoms with Crippen molar-refractivity contribution >= 4 is 66.4 Å². The second kappa shape index (κ2) is 13.9. The number of nitrogens with zero attached hydrogens (tertiary/aromatic N) is 2. The third kappa shape index (κ3) is 5.58. The van der Waals surface area contributed by atoms with Crippen LogP contribution in [-0.4, -0.2) is 0 Å².